The zero-order chi connectivity index (χ0) is 19.0. The van der Waals surface area contributed by atoms with E-state index in [4.69, 9.17) is 0 Å². The maximum absolute atomic E-state index is 13.3. The van der Waals surface area contributed by atoms with Gasteiger partial charge < -0.3 is 5.32 Å². The van der Waals surface area contributed by atoms with E-state index in [9.17, 15) is 18.8 Å². The topological polar surface area (TPSA) is 86.0 Å². The predicted octanol–water partition coefficient (Wildman–Crippen LogP) is 1.26. The van der Waals surface area contributed by atoms with Crippen LogP contribution in [0.15, 0.2) is 46.1 Å². The van der Waals surface area contributed by atoms with Gasteiger partial charge in [0.1, 0.15) is 11.5 Å². The Morgan fingerprint density at radius 2 is 1.92 bits per heavy atom. The van der Waals surface area contributed by atoms with Crippen molar-refractivity contribution in [3.63, 3.8) is 0 Å². The summed E-state index contributed by atoms with van der Waals surface area (Å²) in [7, 11) is 2.87. The highest BCUT2D eigenvalue weighted by Crippen LogP contribution is 2.15. The Morgan fingerprint density at radius 3 is 2.62 bits per heavy atom. The summed E-state index contributed by atoms with van der Waals surface area (Å²) in [5.74, 6) is -0.840. The van der Waals surface area contributed by atoms with E-state index in [1.807, 2.05) is 0 Å². The van der Waals surface area contributed by atoms with Crippen molar-refractivity contribution in [3.05, 3.63) is 74.3 Å². The van der Waals surface area contributed by atoms with Gasteiger partial charge in [0.2, 0.25) is 0 Å². The molecule has 0 aliphatic carbocycles. The molecule has 1 aromatic carbocycles. The Hall–Kier alpha value is -3.29. The number of benzene rings is 1. The molecule has 2 aromatic heterocycles. The summed E-state index contributed by atoms with van der Waals surface area (Å²) in [4.78, 5) is 40.8. The van der Waals surface area contributed by atoms with Gasteiger partial charge in [-0.05, 0) is 30.7 Å². The second-order valence-corrected chi connectivity index (χ2v) is 6.05. The first kappa shape index (κ1) is 17.5. The lowest BCUT2D eigenvalue weighted by Gasteiger charge is -2.15. The van der Waals surface area contributed by atoms with E-state index in [0.717, 1.165) is 4.57 Å². The summed E-state index contributed by atoms with van der Waals surface area (Å²) in [6, 6.07) is 6.91. The van der Waals surface area contributed by atoms with Crippen LogP contribution in [0.4, 0.5) is 4.39 Å². The van der Waals surface area contributed by atoms with Gasteiger partial charge in [0.05, 0.1) is 17.0 Å². The molecule has 0 aliphatic heterocycles. The molecule has 7 nitrogen and oxygen atoms in total. The molecule has 0 fully saturated rings. The number of hydrogen-bond donors (Lipinski definition) is 1. The van der Waals surface area contributed by atoms with Crippen molar-refractivity contribution in [1.29, 1.82) is 0 Å². The van der Waals surface area contributed by atoms with E-state index >= 15 is 0 Å². The van der Waals surface area contributed by atoms with Crippen molar-refractivity contribution in [2.45, 2.75) is 13.0 Å². The summed E-state index contributed by atoms with van der Waals surface area (Å²) in [5.41, 5.74) is -0.0231. The normalized spacial score (nSPS) is 12.2. The molecule has 1 N–H and O–H groups in total. The van der Waals surface area contributed by atoms with Crippen LogP contribution in [0, 0.1) is 5.82 Å². The molecule has 1 atom stereocenters. The highest BCUT2D eigenvalue weighted by atomic mass is 19.1. The summed E-state index contributed by atoms with van der Waals surface area (Å²) in [5, 5.41) is 2.91. The van der Waals surface area contributed by atoms with E-state index in [2.05, 4.69) is 10.3 Å². The van der Waals surface area contributed by atoms with Crippen LogP contribution in [0.25, 0.3) is 11.0 Å². The van der Waals surface area contributed by atoms with Crippen LogP contribution in [-0.2, 0) is 14.1 Å². The van der Waals surface area contributed by atoms with E-state index < -0.39 is 23.2 Å². The zero-order valence-electron chi connectivity index (χ0n) is 14.5. The number of pyridine rings is 1. The lowest BCUT2D eigenvalue weighted by atomic mass is 10.1. The van der Waals surface area contributed by atoms with Gasteiger partial charge in [-0.15, -0.1) is 0 Å². The molecule has 8 heteroatoms. The predicted molar refractivity (Wildman–Crippen MR) is 94.5 cm³/mol. The van der Waals surface area contributed by atoms with Crippen molar-refractivity contribution >= 4 is 16.9 Å². The van der Waals surface area contributed by atoms with Crippen LogP contribution >= 0.6 is 0 Å². The summed E-state index contributed by atoms with van der Waals surface area (Å²) >= 11 is 0. The maximum atomic E-state index is 13.3. The number of nitrogens with one attached hydrogen (secondary N) is 1. The molecule has 0 radical (unpaired) electrons. The quantitative estimate of drug-likeness (QED) is 0.766. The largest absolute Gasteiger partial charge is 0.345 e. The van der Waals surface area contributed by atoms with E-state index in [0.29, 0.717) is 5.56 Å². The van der Waals surface area contributed by atoms with Crippen molar-refractivity contribution in [3.8, 4) is 0 Å². The van der Waals surface area contributed by atoms with Gasteiger partial charge in [0.15, 0.2) is 0 Å². The number of aryl methyl sites for hydroxylation is 1. The Bertz CT molecular complexity index is 1130. The summed E-state index contributed by atoms with van der Waals surface area (Å²) < 4.78 is 15.5. The molecule has 0 aliphatic rings. The van der Waals surface area contributed by atoms with Crippen LogP contribution in [0.2, 0.25) is 0 Å². The van der Waals surface area contributed by atoms with Crippen LogP contribution < -0.4 is 16.6 Å². The molecule has 0 unspecified atom stereocenters. The number of carbonyl (C=O) groups excluding carboxylic acids is 1. The van der Waals surface area contributed by atoms with Crippen molar-refractivity contribution in [1.82, 2.24) is 19.4 Å². The Kier molecular flexibility index (Phi) is 4.41. The van der Waals surface area contributed by atoms with Crippen LogP contribution in [0.1, 0.15) is 28.9 Å². The summed E-state index contributed by atoms with van der Waals surface area (Å²) in [6.45, 7) is 1.73. The molecule has 3 aromatic rings. The van der Waals surface area contributed by atoms with Crippen molar-refractivity contribution in [2.75, 3.05) is 0 Å². The zero-order valence-corrected chi connectivity index (χ0v) is 14.5. The highest BCUT2D eigenvalue weighted by Gasteiger charge is 2.16. The van der Waals surface area contributed by atoms with Gasteiger partial charge >= 0.3 is 5.69 Å². The van der Waals surface area contributed by atoms with Gasteiger partial charge in [-0.3, -0.25) is 18.7 Å². The smallest absolute Gasteiger partial charge is 0.332 e. The third-order valence-electron chi connectivity index (χ3n) is 4.25. The number of halogens is 1. The maximum Gasteiger partial charge on any atom is 0.332 e. The van der Waals surface area contributed by atoms with Gasteiger partial charge in [-0.25, -0.2) is 14.2 Å². The van der Waals surface area contributed by atoms with E-state index in [1.165, 1.54) is 43.1 Å². The number of amides is 1. The minimum absolute atomic E-state index is 0.167. The van der Waals surface area contributed by atoms with Gasteiger partial charge in [0, 0.05) is 20.3 Å². The standard InChI is InChI=1S/C18H17FN4O3/c1-10(11-5-4-6-13(19)7-11)21-16(24)12-8-14-15(20-9-12)22(2)18(26)23(3)17(14)25/h4-10H,1-3H3,(H,21,24)/t10-/m0/s1. The summed E-state index contributed by atoms with van der Waals surface area (Å²) in [6.07, 6.45) is 1.30. The fourth-order valence-electron chi connectivity index (χ4n) is 2.73. The second kappa shape index (κ2) is 6.55. The first-order chi connectivity index (χ1) is 12.3. The minimum atomic E-state index is -0.525. The fraction of sp³-hybridized carbons (Fsp3) is 0.222. The molecule has 3 rings (SSSR count). The molecule has 1 amide bonds. The first-order valence-corrected chi connectivity index (χ1v) is 7.91. The van der Waals surface area contributed by atoms with E-state index in [-0.39, 0.29) is 22.4 Å². The van der Waals surface area contributed by atoms with Gasteiger partial charge in [-0.2, -0.15) is 0 Å². The molecule has 0 spiro atoms. The molecule has 134 valence electrons. The number of rotatable bonds is 3. The average molecular weight is 356 g/mol. The number of carbonyl (C=O) groups is 1. The lowest BCUT2D eigenvalue weighted by molar-refractivity contribution is 0.0939. The number of hydrogen-bond acceptors (Lipinski definition) is 4. The van der Waals surface area contributed by atoms with Crippen molar-refractivity contribution in [2.24, 2.45) is 14.1 Å². The number of aromatic nitrogens is 3. The molecule has 0 saturated carbocycles. The van der Waals surface area contributed by atoms with E-state index in [1.54, 1.807) is 19.1 Å². The fourth-order valence-corrected chi connectivity index (χ4v) is 2.73. The average Bonchev–Trinajstić information content (AvgIpc) is 2.64. The molecule has 2 heterocycles. The minimum Gasteiger partial charge on any atom is -0.345 e. The Balaban J connectivity index is 1.96. The molecular weight excluding hydrogens is 339 g/mol. The Morgan fingerprint density at radius 1 is 1.19 bits per heavy atom. The molecular formula is C18H17FN4O3. The number of fused-ring (bicyclic) bond motifs is 1. The van der Waals surface area contributed by atoms with Crippen LogP contribution in [-0.4, -0.2) is 20.0 Å². The third kappa shape index (κ3) is 3.01. The van der Waals surface area contributed by atoms with Crippen LogP contribution in [0.3, 0.4) is 0 Å². The van der Waals surface area contributed by atoms with Crippen LogP contribution in [0.5, 0.6) is 0 Å². The Labute approximate surface area is 147 Å². The molecule has 0 saturated heterocycles. The van der Waals surface area contributed by atoms with Gasteiger partial charge in [0.25, 0.3) is 11.5 Å². The monoisotopic (exact) mass is 356 g/mol. The molecule has 0 bridgehead atoms. The second-order valence-electron chi connectivity index (χ2n) is 6.05. The number of nitrogens with zero attached hydrogens (tertiary/aromatic N) is 3. The first-order valence-electron chi connectivity index (χ1n) is 7.91. The van der Waals surface area contributed by atoms with Crippen molar-refractivity contribution < 1.29 is 9.18 Å². The lowest BCUT2D eigenvalue weighted by Crippen LogP contribution is -2.37. The SMILES string of the molecule is C[C@H](NC(=O)c1cnc2c(c1)c(=O)n(C)c(=O)n2C)c1cccc(F)c1. The third-order valence-corrected chi connectivity index (χ3v) is 4.25. The highest BCUT2D eigenvalue weighted by molar-refractivity contribution is 5.96. The molecule has 26 heavy (non-hydrogen) atoms. The van der Waals surface area contributed by atoms with Gasteiger partial charge in [-0.1, -0.05) is 12.1 Å².